The Kier molecular flexibility index (Phi) is 6.46. The van der Waals surface area contributed by atoms with Crippen LogP contribution in [0.3, 0.4) is 0 Å². The maximum absolute atomic E-state index is 6.49. The highest BCUT2D eigenvalue weighted by Crippen LogP contribution is 2.38. The van der Waals surface area contributed by atoms with E-state index in [4.69, 9.17) is 14.4 Å². The molecule has 0 N–H and O–H groups in total. The predicted molar refractivity (Wildman–Crippen MR) is 205 cm³/mol. The van der Waals surface area contributed by atoms with Crippen LogP contribution in [0.25, 0.3) is 94.5 Å². The second-order valence-electron chi connectivity index (χ2n) is 12.6. The highest BCUT2D eigenvalue weighted by molar-refractivity contribution is 6.11. The van der Waals surface area contributed by atoms with Gasteiger partial charge in [0.1, 0.15) is 11.2 Å². The molecule has 4 heteroatoms. The van der Waals surface area contributed by atoms with Crippen molar-refractivity contribution in [2.45, 2.75) is 0 Å². The van der Waals surface area contributed by atoms with Crippen LogP contribution in [-0.2, 0) is 0 Å². The van der Waals surface area contributed by atoms with Gasteiger partial charge in [-0.1, -0.05) is 133 Å². The van der Waals surface area contributed by atoms with Crippen LogP contribution in [0.5, 0.6) is 0 Å². The monoisotopic (exact) mass is 639 g/mol. The number of hydrogen-bond acceptors (Lipinski definition) is 3. The summed E-state index contributed by atoms with van der Waals surface area (Å²) < 4.78 is 8.82. The first-order valence-corrected chi connectivity index (χ1v) is 16.8. The Morgan fingerprint density at radius 2 is 1.02 bits per heavy atom. The first-order chi connectivity index (χ1) is 24.8. The van der Waals surface area contributed by atoms with Gasteiger partial charge in [-0.25, -0.2) is 9.97 Å². The van der Waals surface area contributed by atoms with Gasteiger partial charge in [0.15, 0.2) is 5.82 Å². The average Bonchev–Trinajstić information content (AvgIpc) is 3.74. The molecule has 0 aliphatic rings. The number of aromatic nitrogens is 3. The number of rotatable bonds is 5. The van der Waals surface area contributed by atoms with Crippen LogP contribution >= 0.6 is 0 Å². The molecule has 7 aromatic carbocycles. The molecule has 10 aromatic rings. The first kappa shape index (κ1) is 28.3. The molecule has 0 unspecified atom stereocenters. The molecule has 0 bridgehead atoms. The third-order valence-corrected chi connectivity index (χ3v) is 9.64. The van der Waals surface area contributed by atoms with Crippen LogP contribution in [-0.4, -0.2) is 14.5 Å². The minimum absolute atomic E-state index is 0.657. The van der Waals surface area contributed by atoms with E-state index in [0.717, 1.165) is 72.3 Å². The summed E-state index contributed by atoms with van der Waals surface area (Å²) in [7, 11) is 0. The van der Waals surface area contributed by atoms with Crippen LogP contribution in [0.15, 0.2) is 180 Å². The summed E-state index contributed by atoms with van der Waals surface area (Å²) >= 11 is 0. The molecule has 0 amide bonds. The van der Waals surface area contributed by atoms with E-state index in [1.807, 2.05) is 18.2 Å². The summed E-state index contributed by atoms with van der Waals surface area (Å²) in [6.45, 7) is 0. The molecular formula is C46H29N3O. The number of furan rings is 1. The molecule has 0 spiro atoms. The van der Waals surface area contributed by atoms with Crippen LogP contribution in [0.1, 0.15) is 0 Å². The van der Waals surface area contributed by atoms with E-state index in [2.05, 4.69) is 162 Å². The van der Waals surface area contributed by atoms with Crippen molar-refractivity contribution in [3.63, 3.8) is 0 Å². The SMILES string of the molecule is c1ccc(-c2ccc(-c3cc(-c4cccc5c4oc4ccccc45)nc(-c4ccc5c6ccccc6n(-c6ccccc6)c5c4)n3)cc2)cc1. The van der Waals surface area contributed by atoms with Gasteiger partial charge in [-0.05, 0) is 53.6 Å². The summed E-state index contributed by atoms with van der Waals surface area (Å²) in [4.78, 5) is 10.5. The van der Waals surface area contributed by atoms with Crippen LogP contribution in [0.2, 0.25) is 0 Å². The Morgan fingerprint density at radius 1 is 0.400 bits per heavy atom. The largest absolute Gasteiger partial charge is 0.455 e. The number of para-hydroxylation sites is 4. The summed E-state index contributed by atoms with van der Waals surface area (Å²) in [6.07, 6.45) is 0. The molecule has 3 heterocycles. The van der Waals surface area contributed by atoms with E-state index in [-0.39, 0.29) is 0 Å². The lowest BCUT2D eigenvalue weighted by molar-refractivity contribution is 0.670. The molecule has 0 aliphatic heterocycles. The minimum atomic E-state index is 0.657. The van der Waals surface area contributed by atoms with Crippen molar-refractivity contribution in [1.29, 1.82) is 0 Å². The Bertz CT molecular complexity index is 2850. The molecule has 50 heavy (non-hydrogen) atoms. The lowest BCUT2D eigenvalue weighted by atomic mass is 10.0. The van der Waals surface area contributed by atoms with Crippen LogP contribution in [0.4, 0.5) is 0 Å². The van der Waals surface area contributed by atoms with Gasteiger partial charge >= 0.3 is 0 Å². The van der Waals surface area contributed by atoms with Crippen LogP contribution < -0.4 is 0 Å². The van der Waals surface area contributed by atoms with Gasteiger partial charge < -0.3 is 8.98 Å². The molecule has 0 radical (unpaired) electrons. The predicted octanol–water partition coefficient (Wildman–Crippen LogP) is 12.1. The zero-order valence-electron chi connectivity index (χ0n) is 27.0. The fourth-order valence-electron chi connectivity index (χ4n) is 7.24. The summed E-state index contributed by atoms with van der Waals surface area (Å²) in [5.41, 5.74) is 12.0. The van der Waals surface area contributed by atoms with Crippen molar-refractivity contribution in [3.05, 3.63) is 176 Å². The second kappa shape index (κ2) is 11.4. The molecule has 0 saturated heterocycles. The van der Waals surface area contributed by atoms with Gasteiger partial charge in [0.2, 0.25) is 0 Å². The van der Waals surface area contributed by atoms with Gasteiger partial charge in [-0.3, -0.25) is 0 Å². The summed E-state index contributed by atoms with van der Waals surface area (Å²) in [5, 5.41) is 4.56. The van der Waals surface area contributed by atoms with Crippen LogP contribution in [0, 0.1) is 0 Å². The van der Waals surface area contributed by atoms with Crippen molar-refractivity contribution in [2.24, 2.45) is 0 Å². The highest BCUT2D eigenvalue weighted by Gasteiger charge is 2.18. The fourth-order valence-corrected chi connectivity index (χ4v) is 7.24. The topological polar surface area (TPSA) is 43.9 Å². The van der Waals surface area contributed by atoms with E-state index in [1.165, 1.54) is 16.3 Å². The van der Waals surface area contributed by atoms with Crippen molar-refractivity contribution in [1.82, 2.24) is 14.5 Å². The molecule has 3 aromatic heterocycles. The molecule has 0 fully saturated rings. The summed E-state index contributed by atoms with van der Waals surface area (Å²) in [5.74, 6) is 0.657. The van der Waals surface area contributed by atoms with E-state index < -0.39 is 0 Å². The maximum atomic E-state index is 6.49. The van der Waals surface area contributed by atoms with Gasteiger partial charge in [0, 0.05) is 43.9 Å². The van der Waals surface area contributed by atoms with E-state index in [1.54, 1.807) is 0 Å². The Balaban J connectivity index is 1.20. The van der Waals surface area contributed by atoms with Gasteiger partial charge in [0.05, 0.1) is 22.4 Å². The third-order valence-electron chi connectivity index (χ3n) is 9.64. The Hall–Kier alpha value is -6.78. The molecule has 0 saturated carbocycles. The lowest BCUT2D eigenvalue weighted by Crippen LogP contribution is -1.97. The van der Waals surface area contributed by atoms with E-state index in [9.17, 15) is 0 Å². The maximum Gasteiger partial charge on any atom is 0.160 e. The lowest BCUT2D eigenvalue weighted by Gasteiger charge is -2.11. The number of benzene rings is 7. The molecule has 234 valence electrons. The average molecular weight is 640 g/mol. The van der Waals surface area contributed by atoms with Crippen molar-refractivity contribution >= 4 is 43.7 Å². The van der Waals surface area contributed by atoms with Gasteiger partial charge in [-0.2, -0.15) is 0 Å². The number of fused-ring (bicyclic) bond motifs is 6. The molecule has 4 nitrogen and oxygen atoms in total. The molecule has 10 rings (SSSR count). The Labute approximate surface area is 288 Å². The summed E-state index contributed by atoms with van der Waals surface area (Å²) in [6, 6.07) is 61.3. The van der Waals surface area contributed by atoms with Gasteiger partial charge in [-0.15, -0.1) is 0 Å². The van der Waals surface area contributed by atoms with E-state index in [0.29, 0.717) is 5.82 Å². The first-order valence-electron chi connectivity index (χ1n) is 16.8. The zero-order valence-corrected chi connectivity index (χ0v) is 27.0. The third kappa shape index (κ3) is 4.61. The minimum Gasteiger partial charge on any atom is -0.455 e. The molecule has 0 aliphatic carbocycles. The second-order valence-corrected chi connectivity index (χ2v) is 12.6. The zero-order chi connectivity index (χ0) is 33.0. The highest BCUT2D eigenvalue weighted by atomic mass is 16.3. The standard InChI is InChI=1S/C46H29N3O/c1-3-12-30(13-4-1)31-22-24-32(25-23-31)40-29-41(39-19-11-18-38-37-17-8-10-21-44(37)50-45(38)39)48-46(47-40)33-26-27-36-35-16-7-9-20-42(35)49(43(36)28-33)34-14-5-2-6-15-34/h1-29H. The fraction of sp³-hybridized carbons (Fsp3) is 0. The Morgan fingerprint density at radius 3 is 1.86 bits per heavy atom. The number of nitrogens with zero attached hydrogens (tertiary/aromatic N) is 3. The van der Waals surface area contributed by atoms with Crippen molar-refractivity contribution < 1.29 is 4.42 Å². The molecular weight excluding hydrogens is 611 g/mol. The molecule has 0 atom stereocenters. The van der Waals surface area contributed by atoms with Crippen molar-refractivity contribution in [3.8, 4) is 50.7 Å². The van der Waals surface area contributed by atoms with E-state index >= 15 is 0 Å². The smallest absolute Gasteiger partial charge is 0.160 e. The van der Waals surface area contributed by atoms with Gasteiger partial charge in [0.25, 0.3) is 0 Å². The number of hydrogen-bond donors (Lipinski definition) is 0. The van der Waals surface area contributed by atoms with Crippen molar-refractivity contribution in [2.75, 3.05) is 0 Å². The quantitative estimate of drug-likeness (QED) is 0.188. The normalized spacial score (nSPS) is 11.6.